The van der Waals surface area contributed by atoms with Crippen molar-refractivity contribution in [1.29, 1.82) is 0 Å². The van der Waals surface area contributed by atoms with Gasteiger partial charge in [-0.2, -0.15) is 0 Å². The summed E-state index contributed by atoms with van der Waals surface area (Å²) < 4.78 is 0. The Morgan fingerprint density at radius 1 is 1.15 bits per heavy atom. The van der Waals surface area contributed by atoms with Crippen molar-refractivity contribution in [2.75, 3.05) is 0 Å². The van der Waals surface area contributed by atoms with Crippen molar-refractivity contribution >= 4 is 11.3 Å². The SMILES string of the molecule is CC(c1ccccc1)c1cc[c]s1. The molecule has 1 atom stereocenters. The van der Waals surface area contributed by atoms with Crippen LogP contribution in [0.2, 0.25) is 0 Å². The van der Waals surface area contributed by atoms with E-state index < -0.39 is 0 Å². The molecule has 0 amide bonds. The molecular formula is C12H11S. The monoisotopic (exact) mass is 187 g/mol. The molecule has 0 spiro atoms. The normalized spacial score (nSPS) is 12.7. The fourth-order valence-electron chi connectivity index (χ4n) is 1.39. The molecule has 0 nitrogen and oxygen atoms in total. The Labute approximate surface area is 82.9 Å². The molecule has 65 valence electrons. The maximum atomic E-state index is 3.12. The Bertz CT molecular complexity index is 348. The second-order valence-electron chi connectivity index (χ2n) is 3.09. The van der Waals surface area contributed by atoms with Gasteiger partial charge in [0.05, 0.1) is 0 Å². The first-order chi connectivity index (χ1) is 6.38. The predicted molar refractivity (Wildman–Crippen MR) is 57.1 cm³/mol. The van der Waals surface area contributed by atoms with E-state index in [1.165, 1.54) is 10.4 Å². The minimum absolute atomic E-state index is 0.498. The summed E-state index contributed by atoms with van der Waals surface area (Å²) in [4.78, 5) is 1.38. The summed E-state index contributed by atoms with van der Waals surface area (Å²) in [7, 11) is 0. The van der Waals surface area contributed by atoms with Crippen LogP contribution < -0.4 is 0 Å². The van der Waals surface area contributed by atoms with Gasteiger partial charge in [-0.15, -0.1) is 11.3 Å². The standard InChI is InChI=1S/C12H11S/c1-10(12-8-5-9-13-12)11-6-3-2-4-7-11/h2-8,10H,1H3. The molecule has 1 heteroatoms. The Kier molecular flexibility index (Phi) is 2.46. The molecule has 1 unspecified atom stereocenters. The van der Waals surface area contributed by atoms with E-state index >= 15 is 0 Å². The fraction of sp³-hybridized carbons (Fsp3) is 0.167. The molecule has 0 saturated carbocycles. The summed E-state index contributed by atoms with van der Waals surface area (Å²) in [6, 6.07) is 14.7. The average molecular weight is 187 g/mol. The first kappa shape index (κ1) is 8.52. The Balaban J connectivity index is 2.29. The first-order valence-electron chi connectivity index (χ1n) is 4.38. The van der Waals surface area contributed by atoms with Crippen LogP contribution in [0.3, 0.4) is 0 Å². The van der Waals surface area contributed by atoms with Crippen LogP contribution in [0.4, 0.5) is 0 Å². The summed E-state index contributed by atoms with van der Waals surface area (Å²) in [6.07, 6.45) is 0. The van der Waals surface area contributed by atoms with Crippen molar-refractivity contribution < 1.29 is 0 Å². The Morgan fingerprint density at radius 2 is 1.92 bits per heavy atom. The van der Waals surface area contributed by atoms with Crippen molar-refractivity contribution in [1.82, 2.24) is 0 Å². The van der Waals surface area contributed by atoms with E-state index in [9.17, 15) is 0 Å². The molecule has 0 fully saturated rings. The molecule has 0 aliphatic heterocycles. The molecule has 0 aliphatic carbocycles. The van der Waals surface area contributed by atoms with Gasteiger partial charge < -0.3 is 0 Å². The van der Waals surface area contributed by atoms with E-state index in [1.807, 2.05) is 6.07 Å². The highest BCUT2D eigenvalue weighted by molar-refractivity contribution is 7.09. The van der Waals surface area contributed by atoms with Crippen LogP contribution in [0.15, 0.2) is 42.5 Å². The van der Waals surface area contributed by atoms with Gasteiger partial charge in [-0.1, -0.05) is 37.3 Å². The highest BCUT2D eigenvalue weighted by atomic mass is 32.1. The fourth-order valence-corrected chi connectivity index (χ4v) is 2.11. The van der Waals surface area contributed by atoms with Crippen LogP contribution in [0.1, 0.15) is 23.3 Å². The lowest BCUT2D eigenvalue weighted by Gasteiger charge is -2.08. The number of hydrogen-bond acceptors (Lipinski definition) is 1. The lowest BCUT2D eigenvalue weighted by atomic mass is 10.00. The van der Waals surface area contributed by atoms with Gasteiger partial charge in [0, 0.05) is 16.2 Å². The molecule has 2 aromatic rings. The first-order valence-corrected chi connectivity index (χ1v) is 5.20. The summed E-state index contributed by atoms with van der Waals surface area (Å²) >= 11 is 1.70. The zero-order valence-electron chi connectivity index (χ0n) is 7.53. The van der Waals surface area contributed by atoms with E-state index in [2.05, 4.69) is 48.7 Å². The molecule has 1 heterocycles. The van der Waals surface area contributed by atoms with E-state index in [0.29, 0.717) is 5.92 Å². The predicted octanol–water partition coefficient (Wildman–Crippen LogP) is 3.70. The van der Waals surface area contributed by atoms with Gasteiger partial charge in [0.25, 0.3) is 0 Å². The second kappa shape index (κ2) is 3.75. The van der Waals surface area contributed by atoms with E-state index in [4.69, 9.17) is 0 Å². The molecular weight excluding hydrogens is 176 g/mol. The quantitative estimate of drug-likeness (QED) is 0.672. The molecule has 13 heavy (non-hydrogen) atoms. The van der Waals surface area contributed by atoms with Gasteiger partial charge in [-0.25, -0.2) is 0 Å². The van der Waals surface area contributed by atoms with Crippen molar-refractivity contribution in [3.8, 4) is 0 Å². The highest BCUT2D eigenvalue weighted by Gasteiger charge is 2.07. The molecule has 2 rings (SSSR count). The van der Waals surface area contributed by atoms with Gasteiger partial charge in [0.1, 0.15) is 0 Å². The number of rotatable bonds is 2. The largest absolute Gasteiger partial charge is 0.139 e. The lowest BCUT2D eigenvalue weighted by molar-refractivity contribution is 0.948. The molecule has 1 aromatic heterocycles. The molecule has 0 bridgehead atoms. The zero-order valence-corrected chi connectivity index (χ0v) is 8.34. The van der Waals surface area contributed by atoms with Crippen molar-refractivity contribution in [2.24, 2.45) is 0 Å². The number of hydrogen-bond donors (Lipinski definition) is 0. The lowest BCUT2D eigenvalue weighted by Crippen LogP contribution is -1.91. The van der Waals surface area contributed by atoms with Crippen LogP contribution in [0.25, 0.3) is 0 Å². The molecule has 1 radical (unpaired) electrons. The van der Waals surface area contributed by atoms with Crippen LogP contribution in [-0.4, -0.2) is 0 Å². The third-order valence-corrected chi connectivity index (χ3v) is 3.20. The molecule has 0 N–H and O–H groups in total. The van der Waals surface area contributed by atoms with Crippen LogP contribution in [0.5, 0.6) is 0 Å². The smallest absolute Gasteiger partial charge is 0.0445 e. The van der Waals surface area contributed by atoms with Gasteiger partial charge in [0.2, 0.25) is 0 Å². The summed E-state index contributed by atoms with van der Waals surface area (Å²) in [5.74, 6) is 0.498. The minimum Gasteiger partial charge on any atom is -0.139 e. The second-order valence-corrected chi connectivity index (χ2v) is 4.00. The zero-order chi connectivity index (χ0) is 9.10. The maximum absolute atomic E-state index is 3.12. The van der Waals surface area contributed by atoms with E-state index in [1.54, 1.807) is 11.3 Å². The van der Waals surface area contributed by atoms with Gasteiger partial charge in [-0.3, -0.25) is 0 Å². The van der Waals surface area contributed by atoms with E-state index in [0.717, 1.165) is 0 Å². The molecule has 0 aliphatic rings. The number of thiophene rings is 1. The van der Waals surface area contributed by atoms with Crippen molar-refractivity contribution in [3.63, 3.8) is 0 Å². The topological polar surface area (TPSA) is 0 Å². The van der Waals surface area contributed by atoms with Crippen molar-refractivity contribution in [3.05, 3.63) is 58.3 Å². The van der Waals surface area contributed by atoms with Gasteiger partial charge in [-0.05, 0) is 17.7 Å². The summed E-state index contributed by atoms with van der Waals surface area (Å²) in [5, 5.41) is 3.12. The Hall–Kier alpha value is -1.08. The average Bonchev–Trinajstić information content (AvgIpc) is 2.71. The van der Waals surface area contributed by atoms with Gasteiger partial charge >= 0.3 is 0 Å². The van der Waals surface area contributed by atoms with Crippen LogP contribution >= 0.6 is 11.3 Å². The summed E-state index contributed by atoms with van der Waals surface area (Å²) in [6.45, 7) is 2.23. The third-order valence-electron chi connectivity index (χ3n) is 2.22. The molecule has 1 aromatic carbocycles. The Morgan fingerprint density at radius 3 is 2.54 bits per heavy atom. The van der Waals surface area contributed by atoms with Gasteiger partial charge in [0.15, 0.2) is 0 Å². The number of benzene rings is 1. The van der Waals surface area contributed by atoms with Crippen LogP contribution in [-0.2, 0) is 0 Å². The molecule has 0 saturated heterocycles. The maximum Gasteiger partial charge on any atom is 0.0445 e. The van der Waals surface area contributed by atoms with Crippen LogP contribution in [0, 0.1) is 5.38 Å². The third kappa shape index (κ3) is 1.81. The van der Waals surface area contributed by atoms with Crippen molar-refractivity contribution in [2.45, 2.75) is 12.8 Å². The highest BCUT2D eigenvalue weighted by Crippen LogP contribution is 2.26. The van der Waals surface area contributed by atoms with E-state index in [-0.39, 0.29) is 0 Å². The summed E-state index contributed by atoms with van der Waals surface area (Å²) in [5.41, 5.74) is 1.37. The minimum atomic E-state index is 0.498.